The minimum absolute atomic E-state index is 0.0625. The van der Waals surface area contributed by atoms with Crippen molar-refractivity contribution in [3.8, 4) is 0 Å². The monoisotopic (exact) mass is 289 g/mol. The van der Waals surface area contributed by atoms with Crippen LogP contribution in [0.25, 0.3) is 0 Å². The first-order chi connectivity index (χ1) is 10.3. The first kappa shape index (κ1) is 13.4. The number of anilines is 1. The summed E-state index contributed by atoms with van der Waals surface area (Å²) in [7, 11) is 0. The summed E-state index contributed by atoms with van der Waals surface area (Å²) in [5, 5.41) is 6.76. The van der Waals surface area contributed by atoms with E-state index in [9.17, 15) is 0 Å². The Morgan fingerprint density at radius 3 is 2.71 bits per heavy atom. The van der Waals surface area contributed by atoms with E-state index in [0.717, 1.165) is 44.3 Å². The van der Waals surface area contributed by atoms with E-state index in [0.29, 0.717) is 5.41 Å². The lowest BCUT2D eigenvalue weighted by atomic mass is 9.73. The highest BCUT2D eigenvalue weighted by molar-refractivity contribution is 5.40. The number of hydrogen-bond donors (Lipinski definition) is 2. The van der Waals surface area contributed by atoms with Crippen LogP contribution >= 0.6 is 0 Å². The minimum atomic E-state index is 0.0625. The maximum absolute atomic E-state index is 5.79. The van der Waals surface area contributed by atoms with Crippen LogP contribution in [0.1, 0.15) is 24.6 Å². The van der Waals surface area contributed by atoms with Crippen LogP contribution < -0.4 is 15.5 Å². The number of hydrogen-bond acceptors (Lipinski definition) is 6. The molecule has 2 N–H and O–H groups in total. The fraction of sp³-hybridized carbons (Fsp3) is 0.733. The number of morpholine rings is 1. The maximum Gasteiger partial charge on any atom is 0.132 e. The van der Waals surface area contributed by atoms with Crippen molar-refractivity contribution in [3.05, 3.63) is 18.1 Å². The third-order valence-electron chi connectivity index (χ3n) is 5.08. The van der Waals surface area contributed by atoms with E-state index >= 15 is 0 Å². The molecule has 0 radical (unpaired) electrons. The van der Waals surface area contributed by atoms with Gasteiger partial charge in [-0.25, -0.2) is 9.97 Å². The zero-order chi connectivity index (χ0) is 14.1. The molecule has 1 aromatic heterocycles. The largest absolute Gasteiger partial charge is 0.369 e. The predicted molar refractivity (Wildman–Crippen MR) is 80.3 cm³/mol. The zero-order valence-electron chi connectivity index (χ0n) is 12.3. The van der Waals surface area contributed by atoms with Gasteiger partial charge in [0.15, 0.2) is 0 Å². The lowest BCUT2D eigenvalue weighted by Gasteiger charge is -2.48. The molecule has 1 unspecified atom stereocenters. The Morgan fingerprint density at radius 1 is 1.19 bits per heavy atom. The molecule has 3 aliphatic rings. The van der Waals surface area contributed by atoms with Crippen LogP contribution in [0.3, 0.4) is 0 Å². The van der Waals surface area contributed by atoms with E-state index in [4.69, 9.17) is 4.74 Å². The molecule has 0 aliphatic carbocycles. The first-order valence-electron chi connectivity index (χ1n) is 7.95. The van der Waals surface area contributed by atoms with Gasteiger partial charge in [-0.1, -0.05) is 0 Å². The number of aromatic nitrogens is 2. The molecule has 0 amide bonds. The van der Waals surface area contributed by atoms with Crippen molar-refractivity contribution in [2.75, 3.05) is 50.8 Å². The lowest BCUT2D eigenvalue weighted by molar-refractivity contribution is 0.0249. The van der Waals surface area contributed by atoms with Gasteiger partial charge < -0.3 is 20.3 Å². The molecule has 6 heteroatoms. The van der Waals surface area contributed by atoms with Crippen LogP contribution in [0.15, 0.2) is 12.4 Å². The van der Waals surface area contributed by atoms with E-state index in [-0.39, 0.29) is 6.10 Å². The quantitative estimate of drug-likeness (QED) is 0.818. The van der Waals surface area contributed by atoms with Crippen LogP contribution in [-0.2, 0) is 4.74 Å². The van der Waals surface area contributed by atoms with E-state index in [1.54, 1.807) is 6.33 Å². The highest BCUT2D eigenvalue weighted by Gasteiger charge is 2.39. The summed E-state index contributed by atoms with van der Waals surface area (Å²) in [5.74, 6) is 1.05. The van der Waals surface area contributed by atoms with Crippen LogP contribution in [0.4, 0.5) is 5.82 Å². The average Bonchev–Trinajstić information content (AvgIpc) is 2.54. The zero-order valence-corrected chi connectivity index (χ0v) is 12.3. The van der Waals surface area contributed by atoms with Gasteiger partial charge >= 0.3 is 0 Å². The summed E-state index contributed by atoms with van der Waals surface area (Å²) < 4.78 is 5.79. The summed E-state index contributed by atoms with van der Waals surface area (Å²) in [6.45, 7) is 7.10. The topological polar surface area (TPSA) is 62.3 Å². The Kier molecular flexibility index (Phi) is 3.52. The van der Waals surface area contributed by atoms with E-state index < -0.39 is 0 Å². The Bertz CT molecular complexity index is 489. The second-order valence-electron chi connectivity index (χ2n) is 6.46. The van der Waals surface area contributed by atoms with Crippen molar-refractivity contribution in [1.82, 2.24) is 20.6 Å². The smallest absolute Gasteiger partial charge is 0.132 e. The molecular weight excluding hydrogens is 266 g/mol. The van der Waals surface area contributed by atoms with E-state index in [1.165, 1.54) is 25.9 Å². The molecule has 1 aromatic rings. The fourth-order valence-corrected chi connectivity index (χ4v) is 3.51. The summed E-state index contributed by atoms with van der Waals surface area (Å²) >= 11 is 0. The van der Waals surface area contributed by atoms with Gasteiger partial charge in [-0.2, -0.15) is 0 Å². The van der Waals surface area contributed by atoms with Gasteiger partial charge in [-0.05, 0) is 18.3 Å². The maximum atomic E-state index is 5.79. The number of piperidine rings is 1. The first-order valence-corrected chi connectivity index (χ1v) is 7.95. The second kappa shape index (κ2) is 5.51. The summed E-state index contributed by atoms with van der Waals surface area (Å²) in [5.41, 5.74) is 1.57. The number of nitrogens with one attached hydrogen (secondary N) is 2. The van der Waals surface area contributed by atoms with E-state index in [1.807, 2.05) is 0 Å². The Hall–Kier alpha value is -1.24. The minimum Gasteiger partial charge on any atom is -0.369 e. The molecule has 1 atom stereocenters. The van der Waals surface area contributed by atoms with Gasteiger partial charge in [0.25, 0.3) is 0 Å². The van der Waals surface area contributed by atoms with Crippen molar-refractivity contribution < 1.29 is 4.74 Å². The Balaban J connectivity index is 1.45. The third kappa shape index (κ3) is 2.63. The number of ether oxygens (including phenoxy) is 1. The molecule has 21 heavy (non-hydrogen) atoms. The van der Waals surface area contributed by atoms with Crippen molar-refractivity contribution in [3.63, 3.8) is 0 Å². The molecule has 0 bridgehead atoms. The molecule has 1 spiro atoms. The van der Waals surface area contributed by atoms with Gasteiger partial charge in [0.1, 0.15) is 18.2 Å². The third-order valence-corrected chi connectivity index (χ3v) is 5.08. The SMILES string of the molecule is c1nc(C2CNCCO2)cc(N2CCC3(CC2)CNC3)n1. The number of nitrogens with zero attached hydrogens (tertiary/aromatic N) is 3. The summed E-state index contributed by atoms with van der Waals surface area (Å²) in [4.78, 5) is 11.3. The summed E-state index contributed by atoms with van der Waals surface area (Å²) in [6.07, 6.45) is 4.27. The van der Waals surface area contributed by atoms with Crippen LogP contribution in [-0.4, -0.2) is 55.8 Å². The average molecular weight is 289 g/mol. The number of rotatable bonds is 2. The molecule has 4 heterocycles. The van der Waals surface area contributed by atoms with Gasteiger partial charge in [0.05, 0.1) is 12.3 Å². The molecule has 114 valence electrons. The van der Waals surface area contributed by atoms with Crippen LogP contribution in [0, 0.1) is 5.41 Å². The molecule has 3 saturated heterocycles. The predicted octanol–water partition coefficient (Wildman–Crippen LogP) is 0.327. The van der Waals surface area contributed by atoms with Gasteiger partial charge in [-0.15, -0.1) is 0 Å². The van der Waals surface area contributed by atoms with Gasteiger partial charge in [0, 0.05) is 45.3 Å². The molecule has 3 aliphatic heterocycles. The Morgan fingerprint density at radius 2 is 2.05 bits per heavy atom. The molecule has 0 saturated carbocycles. The molecule has 0 aromatic carbocycles. The summed E-state index contributed by atoms with van der Waals surface area (Å²) in [6, 6.07) is 2.11. The van der Waals surface area contributed by atoms with Crippen molar-refractivity contribution in [2.45, 2.75) is 18.9 Å². The van der Waals surface area contributed by atoms with Crippen molar-refractivity contribution in [2.24, 2.45) is 5.41 Å². The van der Waals surface area contributed by atoms with Crippen LogP contribution in [0.2, 0.25) is 0 Å². The molecule has 3 fully saturated rings. The second-order valence-corrected chi connectivity index (χ2v) is 6.46. The van der Waals surface area contributed by atoms with Gasteiger partial charge in [0.2, 0.25) is 0 Å². The van der Waals surface area contributed by atoms with Crippen LogP contribution in [0.5, 0.6) is 0 Å². The highest BCUT2D eigenvalue weighted by atomic mass is 16.5. The lowest BCUT2D eigenvalue weighted by Crippen LogP contribution is -2.58. The van der Waals surface area contributed by atoms with E-state index in [2.05, 4.69) is 31.6 Å². The Labute approximate surface area is 125 Å². The fourth-order valence-electron chi connectivity index (χ4n) is 3.51. The van der Waals surface area contributed by atoms with Gasteiger partial charge in [-0.3, -0.25) is 0 Å². The molecule has 4 rings (SSSR count). The molecule has 6 nitrogen and oxygen atoms in total. The molecular formula is C15H23N5O. The standard InChI is InChI=1S/C15H23N5O/c1-4-20(5-2-15(1)9-17-10-15)14-7-12(18-11-19-14)13-8-16-3-6-21-13/h7,11,13,16-17H,1-6,8-10H2. The van der Waals surface area contributed by atoms with Crippen molar-refractivity contribution >= 4 is 5.82 Å². The van der Waals surface area contributed by atoms with Crippen molar-refractivity contribution in [1.29, 1.82) is 0 Å². The highest BCUT2D eigenvalue weighted by Crippen LogP contribution is 2.36. The normalized spacial score (nSPS) is 28.4.